The number of unbranched alkanes of at least 4 members (excludes halogenated alkanes) is 1. The Morgan fingerprint density at radius 1 is 1.22 bits per heavy atom. The van der Waals surface area contributed by atoms with Gasteiger partial charge in [0.2, 0.25) is 8.32 Å². The number of rotatable bonds is 9. The molecule has 23 heavy (non-hydrogen) atoms. The standard InChI is InChI=1S/C21H34OSi/c1-8-9-11-16-20(19-14-12-10-13-15-19)17-18(2)22-23(6,7)21(3,4)5/h8,10,12-15,20H,1-2,9,11,16-17H2,3-7H3. The van der Waals surface area contributed by atoms with E-state index in [9.17, 15) is 0 Å². The maximum absolute atomic E-state index is 6.38. The molecular weight excluding hydrogens is 296 g/mol. The van der Waals surface area contributed by atoms with Crippen LogP contribution in [0.25, 0.3) is 0 Å². The number of hydrogen-bond donors (Lipinski definition) is 0. The normalized spacial score (nSPS) is 13.4. The summed E-state index contributed by atoms with van der Waals surface area (Å²) in [4.78, 5) is 0. The second-order valence-corrected chi connectivity index (χ2v) is 12.7. The summed E-state index contributed by atoms with van der Waals surface area (Å²) in [6, 6.07) is 10.8. The minimum Gasteiger partial charge on any atom is -0.547 e. The van der Waals surface area contributed by atoms with E-state index >= 15 is 0 Å². The van der Waals surface area contributed by atoms with Crippen molar-refractivity contribution in [3.63, 3.8) is 0 Å². The Balaban J connectivity index is 2.76. The van der Waals surface area contributed by atoms with E-state index in [2.05, 4.69) is 77.4 Å². The highest BCUT2D eigenvalue weighted by atomic mass is 28.4. The summed E-state index contributed by atoms with van der Waals surface area (Å²) >= 11 is 0. The van der Waals surface area contributed by atoms with Gasteiger partial charge in [-0.3, -0.25) is 0 Å². The molecule has 0 amide bonds. The second kappa shape index (κ2) is 8.54. The Bertz CT molecular complexity index is 496. The Morgan fingerprint density at radius 2 is 1.83 bits per heavy atom. The van der Waals surface area contributed by atoms with E-state index < -0.39 is 8.32 Å². The fraction of sp³-hybridized carbons (Fsp3) is 0.524. The van der Waals surface area contributed by atoms with Gasteiger partial charge in [-0.25, -0.2) is 0 Å². The van der Waals surface area contributed by atoms with E-state index in [1.54, 1.807) is 0 Å². The Kier molecular flexibility index (Phi) is 7.33. The van der Waals surface area contributed by atoms with E-state index in [0.29, 0.717) is 5.92 Å². The van der Waals surface area contributed by atoms with Crippen LogP contribution < -0.4 is 0 Å². The molecule has 0 aliphatic rings. The maximum Gasteiger partial charge on any atom is 0.250 e. The molecule has 0 spiro atoms. The fourth-order valence-electron chi connectivity index (χ4n) is 2.45. The molecule has 0 aromatic heterocycles. The van der Waals surface area contributed by atoms with Crippen LogP contribution in [0.1, 0.15) is 57.9 Å². The van der Waals surface area contributed by atoms with Crippen LogP contribution in [0.2, 0.25) is 18.1 Å². The summed E-state index contributed by atoms with van der Waals surface area (Å²) in [7, 11) is -1.79. The second-order valence-electron chi connectivity index (χ2n) is 7.93. The number of allylic oxidation sites excluding steroid dienone is 2. The highest BCUT2D eigenvalue weighted by Gasteiger charge is 2.39. The van der Waals surface area contributed by atoms with Gasteiger partial charge in [0.05, 0.1) is 5.76 Å². The minimum absolute atomic E-state index is 0.209. The highest BCUT2D eigenvalue weighted by molar-refractivity contribution is 6.74. The average molecular weight is 331 g/mol. The Morgan fingerprint density at radius 3 is 2.35 bits per heavy atom. The van der Waals surface area contributed by atoms with Crippen molar-refractivity contribution in [3.8, 4) is 0 Å². The van der Waals surface area contributed by atoms with Gasteiger partial charge in [-0.05, 0) is 48.9 Å². The summed E-state index contributed by atoms with van der Waals surface area (Å²) in [6.07, 6.45) is 6.29. The first-order valence-corrected chi connectivity index (χ1v) is 11.6. The van der Waals surface area contributed by atoms with Crippen LogP contribution in [0.3, 0.4) is 0 Å². The number of hydrogen-bond acceptors (Lipinski definition) is 1. The molecule has 1 nitrogen and oxygen atoms in total. The summed E-state index contributed by atoms with van der Waals surface area (Å²) in [5.41, 5.74) is 1.39. The van der Waals surface area contributed by atoms with Crippen molar-refractivity contribution in [2.24, 2.45) is 0 Å². The van der Waals surface area contributed by atoms with Gasteiger partial charge >= 0.3 is 0 Å². The molecule has 0 radical (unpaired) electrons. The Labute approximate surface area is 144 Å². The van der Waals surface area contributed by atoms with E-state index in [1.807, 2.05) is 6.08 Å². The molecule has 0 saturated heterocycles. The molecule has 2 heteroatoms. The zero-order valence-electron chi connectivity index (χ0n) is 15.7. The molecule has 0 fully saturated rings. The number of benzene rings is 1. The quantitative estimate of drug-likeness (QED) is 0.204. The van der Waals surface area contributed by atoms with Gasteiger partial charge in [0.15, 0.2) is 0 Å². The lowest BCUT2D eigenvalue weighted by atomic mass is 9.90. The average Bonchev–Trinajstić information content (AvgIpc) is 2.45. The van der Waals surface area contributed by atoms with E-state index in [0.717, 1.165) is 31.4 Å². The third kappa shape index (κ3) is 6.38. The van der Waals surface area contributed by atoms with Crippen LogP contribution in [0, 0.1) is 0 Å². The topological polar surface area (TPSA) is 9.23 Å². The summed E-state index contributed by atoms with van der Waals surface area (Å²) in [6.45, 7) is 19.4. The molecular formula is C21H34OSi. The molecule has 1 atom stereocenters. The van der Waals surface area contributed by atoms with Gasteiger partial charge in [-0.15, -0.1) is 6.58 Å². The van der Waals surface area contributed by atoms with Gasteiger partial charge in [0.25, 0.3) is 0 Å². The van der Waals surface area contributed by atoms with Gasteiger partial charge < -0.3 is 4.43 Å². The molecule has 128 valence electrons. The van der Waals surface area contributed by atoms with Crippen LogP contribution in [0.15, 0.2) is 55.3 Å². The van der Waals surface area contributed by atoms with Crippen molar-refractivity contribution in [2.75, 3.05) is 0 Å². The first-order chi connectivity index (χ1) is 10.7. The van der Waals surface area contributed by atoms with Crippen molar-refractivity contribution in [3.05, 3.63) is 60.9 Å². The summed E-state index contributed by atoms with van der Waals surface area (Å²) in [5.74, 6) is 1.43. The third-order valence-electron chi connectivity index (χ3n) is 4.91. The van der Waals surface area contributed by atoms with Crippen LogP contribution in [-0.2, 0) is 4.43 Å². The lowest BCUT2D eigenvalue weighted by Gasteiger charge is -2.37. The monoisotopic (exact) mass is 330 g/mol. The molecule has 1 rings (SSSR count). The molecule has 1 aromatic carbocycles. The van der Waals surface area contributed by atoms with Gasteiger partial charge in [-0.2, -0.15) is 0 Å². The fourth-order valence-corrected chi connectivity index (χ4v) is 3.56. The maximum atomic E-state index is 6.38. The predicted molar refractivity (Wildman–Crippen MR) is 105 cm³/mol. The molecule has 1 unspecified atom stereocenters. The Hall–Kier alpha value is -1.28. The highest BCUT2D eigenvalue weighted by Crippen LogP contribution is 2.39. The third-order valence-corrected chi connectivity index (χ3v) is 9.32. The molecule has 0 saturated carbocycles. The molecule has 0 N–H and O–H groups in total. The molecule has 1 aromatic rings. The zero-order chi connectivity index (χ0) is 17.5. The first-order valence-electron chi connectivity index (χ1n) is 8.70. The van der Waals surface area contributed by atoms with Gasteiger partial charge in [0.1, 0.15) is 0 Å². The summed E-state index contributed by atoms with van der Waals surface area (Å²) in [5, 5.41) is 0.209. The SMILES string of the molecule is C=CCCCC(CC(=C)O[Si](C)(C)C(C)(C)C)c1ccccc1. The van der Waals surface area contributed by atoms with Gasteiger partial charge in [0, 0.05) is 6.42 Å². The summed E-state index contributed by atoms with van der Waals surface area (Å²) < 4.78 is 6.38. The van der Waals surface area contributed by atoms with Crippen molar-refractivity contribution < 1.29 is 4.43 Å². The minimum atomic E-state index is -1.79. The van der Waals surface area contributed by atoms with Crippen LogP contribution >= 0.6 is 0 Å². The lowest BCUT2D eigenvalue weighted by molar-refractivity contribution is 0.353. The van der Waals surface area contributed by atoms with Crippen molar-refractivity contribution >= 4 is 8.32 Å². The smallest absolute Gasteiger partial charge is 0.250 e. The van der Waals surface area contributed by atoms with E-state index in [-0.39, 0.29) is 5.04 Å². The van der Waals surface area contributed by atoms with E-state index in [4.69, 9.17) is 4.43 Å². The first kappa shape index (κ1) is 19.8. The zero-order valence-corrected chi connectivity index (χ0v) is 16.7. The largest absolute Gasteiger partial charge is 0.547 e. The predicted octanol–water partition coefficient (Wildman–Crippen LogP) is 7.05. The van der Waals surface area contributed by atoms with Crippen LogP contribution in [0.4, 0.5) is 0 Å². The van der Waals surface area contributed by atoms with Crippen LogP contribution in [0.5, 0.6) is 0 Å². The van der Waals surface area contributed by atoms with Crippen molar-refractivity contribution in [1.29, 1.82) is 0 Å². The lowest BCUT2D eigenvalue weighted by Crippen LogP contribution is -2.40. The molecule has 0 bridgehead atoms. The van der Waals surface area contributed by atoms with Gasteiger partial charge in [-0.1, -0.05) is 63.8 Å². The molecule has 0 aliphatic carbocycles. The molecule has 0 heterocycles. The van der Waals surface area contributed by atoms with E-state index in [1.165, 1.54) is 5.56 Å². The van der Waals surface area contributed by atoms with Crippen molar-refractivity contribution in [1.82, 2.24) is 0 Å². The van der Waals surface area contributed by atoms with Crippen LogP contribution in [-0.4, -0.2) is 8.32 Å². The molecule has 0 aliphatic heterocycles. The van der Waals surface area contributed by atoms with Crippen molar-refractivity contribution in [2.45, 2.75) is 70.5 Å².